The van der Waals surface area contributed by atoms with Gasteiger partial charge >= 0.3 is 0 Å². The maximum absolute atomic E-state index is 12.0. The van der Waals surface area contributed by atoms with E-state index in [4.69, 9.17) is 0 Å². The van der Waals surface area contributed by atoms with Crippen LogP contribution in [0.1, 0.15) is 36.9 Å². The van der Waals surface area contributed by atoms with E-state index in [1.807, 2.05) is 6.20 Å². The van der Waals surface area contributed by atoms with Gasteiger partial charge in [-0.2, -0.15) is 5.10 Å². The fourth-order valence-electron chi connectivity index (χ4n) is 2.69. The first-order valence-electron chi connectivity index (χ1n) is 6.34. The summed E-state index contributed by atoms with van der Waals surface area (Å²) < 4.78 is 0. The predicted octanol–water partition coefficient (Wildman–Crippen LogP) is 1.49. The minimum Gasteiger partial charge on any atom is -0.349 e. The topological polar surface area (TPSA) is 57.8 Å². The van der Waals surface area contributed by atoms with Crippen LogP contribution in [0.4, 0.5) is 0 Å². The van der Waals surface area contributed by atoms with Crippen LogP contribution in [-0.4, -0.2) is 22.1 Å². The van der Waals surface area contributed by atoms with Crippen molar-refractivity contribution in [3.63, 3.8) is 0 Å². The van der Waals surface area contributed by atoms with Crippen molar-refractivity contribution in [3.8, 4) is 0 Å². The third kappa shape index (κ3) is 2.12. The molecule has 1 amide bonds. The summed E-state index contributed by atoms with van der Waals surface area (Å²) in [6.07, 6.45) is 9.97. The lowest BCUT2D eigenvalue weighted by atomic mass is 9.93. The van der Waals surface area contributed by atoms with Crippen molar-refractivity contribution in [1.29, 1.82) is 0 Å². The van der Waals surface area contributed by atoms with Crippen LogP contribution in [0.5, 0.6) is 0 Å². The molecule has 4 heteroatoms. The highest BCUT2D eigenvalue weighted by molar-refractivity contribution is 5.93. The number of aryl methyl sites for hydroxylation is 1. The summed E-state index contributed by atoms with van der Waals surface area (Å²) in [5.41, 5.74) is 3.46. The lowest BCUT2D eigenvalue weighted by Gasteiger charge is -2.23. The van der Waals surface area contributed by atoms with E-state index in [-0.39, 0.29) is 11.9 Å². The lowest BCUT2D eigenvalue weighted by Crippen LogP contribution is -2.39. The second-order valence-corrected chi connectivity index (χ2v) is 4.91. The highest BCUT2D eigenvalue weighted by Crippen LogP contribution is 2.21. The molecule has 1 aromatic rings. The maximum Gasteiger partial charge on any atom is 0.247 e. The molecule has 3 rings (SSSR count). The van der Waals surface area contributed by atoms with E-state index in [2.05, 4.69) is 21.6 Å². The number of allylic oxidation sites excluding steroid dienone is 1. The average Bonchev–Trinajstić information content (AvgIpc) is 2.99. The molecule has 4 nitrogen and oxygen atoms in total. The van der Waals surface area contributed by atoms with E-state index < -0.39 is 0 Å². The zero-order chi connectivity index (χ0) is 11.7. The van der Waals surface area contributed by atoms with E-state index in [1.165, 1.54) is 11.3 Å². The number of aromatic nitrogens is 2. The fourth-order valence-corrected chi connectivity index (χ4v) is 2.69. The van der Waals surface area contributed by atoms with Gasteiger partial charge < -0.3 is 5.32 Å². The van der Waals surface area contributed by atoms with Gasteiger partial charge in [0.1, 0.15) is 0 Å². The molecule has 0 saturated carbocycles. The predicted molar refractivity (Wildman–Crippen MR) is 64.5 cm³/mol. The van der Waals surface area contributed by atoms with Crippen molar-refractivity contribution in [2.75, 3.05) is 0 Å². The Morgan fingerprint density at radius 1 is 1.47 bits per heavy atom. The fraction of sp³-hybridized carbons (Fsp3) is 0.538. The molecule has 0 bridgehead atoms. The lowest BCUT2D eigenvalue weighted by molar-refractivity contribution is -0.118. The van der Waals surface area contributed by atoms with Gasteiger partial charge in [0.05, 0.1) is 6.20 Å². The SMILES string of the molecule is O=C(NC1CCc2[nH]ncc2C1)C1=CCCC1. The summed E-state index contributed by atoms with van der Waals surface area (Å²) in [4.78, 5) is 12.0. The number of hydrogen-bond donors (Lipinski definition) is 2. The standard InChI is InChI=1S/C13H17N3O/c17-13(9-3-1-2-4-9)15-11-5-6-12-10(7-11)8-14-16-12/h3,8,11H,1-2,4-7H2,(H,14,16)(H,15,17). The van der Waals surface area contributed by atoms with Gasteiger partial charge in [-0.05, 0) is 44.1 Å². The van der Waals surface area contributed by atoms with Gasteiger partial charge in [0.15, 0.2) is 0 Å². The minimum atomic E-state index is 0.138. The van der Waals surface area contributed by atoms with E-state index in [0.29, 0.717) is 0 Å². The molecular weight excluding hydrogens is 214 g/mol. The highest BCUT2D eigenvalue weighted by Gasteiger charge is 2.23. The van der Waals surface area contributed by atoms with Crippen molar-refractivity contribution < 1.29 is 4.79 Å². The number of H-pyrrole nitrogens is 1. The monoisotopic (exact) mass is 231 g/mol. The Morgan fingerprint density at radius 2 is 2.41 bits per heavy atom. The number of nitrogens with one attached hydrogen (secondary N) is 2. The van der Waals surface area contributed by atoms with Crippen LogP contribution in [0.15, 0.2) is 17.8 Å². The van der Waals surface area contributed by atoms with Crippen LogP contribution in [0.25, 0.3) is 0 Å². The van der Waals surface area contributed by atoms with E-state index in [1.54, 1.807) is 0 Å². The second kappa shape index (κ2) is 4.35. The molecular formula is C13H17N3O. The molecule has 0 fully saturated rings. The maximum atomic E-state index is 12.0. The molecule has 0 aromatic carbocycles. The van der Waals surface area contributed by atoms with Crippen molar-refractivity contribution in [3.05, 3.63) is 29.1 Å². The number of aromatic amines is 1. The van der Waals surface area contributed by atoms with Crippen LogP contribution in [0, 0.1) is 0 Å². The number of fused-ring (bicyclic) bond motifs is 1. The Hall–Kier alpha value is -1.58. The van der Waals surface area contributed by atoms with Gasteiger partial charge in [-0.15, -0.1) is 0 Å². The summed E-state index contributed by atoms with van der Waals surface area (Å²) in [6, 6.07) is 0.272. The van der Waals surface area contributed by atoms with Gasteiger partial charge in [-0.25, -0.2) is 0 Å². The molecule has 1 atom stereocenters. The van der Waals surface area contributed by atoms with Gasteiger partial charge in [-0.1, -0.05) is 6.08 Å². The van der Waals surface area contributed by atoms with Crippen molar-refractivity contribution in [2.45, 2.75) is 44.6 Å². The normalized spacial score (nSPS) is 23.1. The Morgan fingerprint density at radius 3 is 3.24 bits per heavy atom. The first-order valence-corrected chi connectivity index (χ1v) is 6.34. The molecule has 2 N–H and O–H groups in total. The van der Waals surface area contributed by atoms with Crippen molar-refractivity contribution in [2.24, 2.45) is 0 Å². The van der Waals surface area contributed by atoms with Crippen molar-refractivity contribution >= 4 is 5.91 Å². The molecule has 0 radical (unpaired) electrons. The average molecular weight is 231 g/mol. The Bertz CT molecular complexity index is 461. The minimum absolute atomic E-state index is 0.138. The third-order valence-corrected chi connectivity index (χ3v) is 3.68. The summed E-state index contributed by atoms with van der Waals surface area (Å²) in [5.74, 6) is 0.138. The molecule has 0 spiro atoms. The Labute approximate surface area is 100 Å². The zero-order valence-electron chi connectivity index (χ0n) is 9.83. The number of rotatable bonds is 2. The number of carbonyl (C=O) groups is 1. The summed E-state index contributed by atoms with van der Waals surface area (Å²) >= 11 is 0. The molecule has 90 valence electrons. The number of amides is 1. The molecule has 1 heterocycles. The molecule has 0 saturated heterocycles. The number of carbonyl (C=O) groups excluding carboxylic acids is 1. The van der Waals surface area contributed by atoms with Crippen LogP contribution in [-0.2, 0) is 17.6 Å². The van der Waals surface area contributed by atoms with E-state index in [9.17, 15) is 4.79 Å². The van der Waals surface area contributed by atoms with E-state index in [0.717, 1.165) is 44.1 Å². The van der Waals surface area contributed by atoms with E-state index >= 15 is 0 Å². The van der Waals surface area contributed by atoms with Crippen molar-refractivity contribution in [1.82, 2.24) is 15.5 Å². The quantitative estimate of drug-likeness (QED) is 0.810. The van der Waals surface area contributed by atoms with Crippen LogP contribution in [0.3, 0.4) is 0 Å². The zero-order valence-corrected chi connectivity index (χ0v) is 9.83. The molecule has 0 aliphatic heterocycles. The van der Waals surface area contributed by atoms with Gasteiger partial charge in [0, 0.05) is 17.3 Å². The van der Waals surface area contributed by atoms with Crippen LogP contribution >= 0.6 is 0 Å². The highest BCUT2D eigenvalue weighted by atomic mass is 16.1. The summed E-state index contributed by atoms with van der Waals surface area (Å²) in [7, 11) is 0. The summed E-state index contributed by atoms with van der Waals surface area (Å²) in [6.45, 7) is 0. The second-order valence-electron chi connectivity index (χ2n) is 4.91. The van der Waals surface area contributed by atoms with Crippen LogP contribution in [0.2, 0.25) is 0 Å². The first kappa shape index (κ1) is 10.6. The molecule has 2 aliphatic carbocycles. The third-order valence-electron chi connectivity index (χ3n) is 3.68. The van der Waals surface area contributed by atoms with Gasteiger partial charge in [0.2, 0.25) is 5.91 Å². The summed E-state index contributed by atoms with van der Waals surface area (Å²) in [5, 5.41) is 10.2. The smallest absolute Gasteiger partial charge is 0.247 e. The number of hydrogen-bond acceptors (Lipinski definition) is 2. The Kier molecular flexibility index (Phi) is 2.71. The van der Waals surface area contributed by atoms with Gasteiger partial charge in [0.25, 0.3) is 0 Å². The number of nitrogens with zero attached hydrogens (tertiary/aromatic N) is 1. The molecule has 1 unspecified atom stereocenters. The largest absolute Gasteiger partial charge is 0.349 e. The molecule has 17 heavy (non-hydrogen) atoms. The Balaban J connectivity index is 1.62. The first-order chi connectivity index (χ1) is 8.33. The molecule has 2 aliphatic rings. The van der Waals surface area contributed by atoms with Gasteiger partial charge in [-0.3, -0.25) is 9.89 Å². The molecule has 1 aromatic heterocycles. The van der Waals surface area contributed by atoms with Crippen LogP contribution < -0.4 is 5.32 Å².